The van der Waals surface area contributed by atoms with Gasteiger partial charge in [-0.3, -0.25) is 9.78 Å². The molecule has 0 atom stereocenters. The molecule has 2 heterocycles. The monoisotopic (exact) mass is 370 g/mol. The summed E-state index contributed by atoms with van der Waals surface area (Å²) in [5, 5.41) is 4.60. The lowest BCUT2D eigenvalue weighted by Gasteiger charge is -2.16. The standard InChI is InChI=1S/C19H19ClN4O2/c1-24(13-11-16-4-2-3-12-21-16)18(25)10-9-17-22-19(23-26-17)14-5-7-15(20)8-6-14/h2-8,12H,9-11,13H2,1H3. The third-order valence-corrected chi connectivity index (χ3v) is 4.23. The highest BCUT2D eigenvalue weighted by molar-refractivity contribution is 6.30. The minimum atomic E-state index is 0.0344. The van der Waals surface area contributed by atoms with Crippen molar-refractivity contribution in [2.24, 2.45) is 0 Å². The minimum Gasteiger partial charge on any atom is -0.345 e. The molecule has 3 rings (SSSR count). The Kier molecular flexibility index (Phi) is 5.96. The van der Waals surface area contributed by atoms with Gasteiger partial charge < -0.3 is 9.42 Å². The van der Waals surface area contributed by atoms with Crippen LogP contribution in [0.5, 0.6) is 0 Å². The Labute approximate surface area is 156 Å². The van der Waals surface area contributed by atoms with Crippen molar-refractivity contribution in [2.45, 2.75) is 19.3 Å². The first-order valence-corrected chi connectivity index (χ1v) is 8.72. The highest BCUT2D eigenvalue weighted by Crippen LogP contribution is 2.19. The largest absolute Gasteiger partial charge is 0.345 e. The number of carbonyl (C=O) groups is 1. The normalized spacial score (nSPS) is 10.7. The Morgan fingerprint density at radius 3 is 2.69 bits per heavy atom. The third-order valence-electron chi connectivity index (χ3n) is 3.98. The lowest BCUT2D eigenvalue weighted by Crippen LogP contribution is -2.29. The molecule has 0 bridgehead atoms. The van der Waals surface area contributed by atoms with E-state index in [1.54, 1.807) is 30.3 Å². The van der Waals surface area contributed by atoms with Gasteiger partial charge in [-0.2, -0.15) is 4.98 Å². The Morgan fingerprint density at radius 2 is 1.96 bits per heavy atom. The molecule has 0 radical (unpaired) electrons. The molecule has 134 valence electrons. The molecular formula is C19H19ClN4O2. The molecule has 0 saturated carbocycles. The van der Waals surface area contributed by atoms with Gasteiger partial charge in [0.25, 0.3) is 0 Å². The molecule has 0 saturated heterocycles. The van der Waals surface area contributed by atoms with Crippen molar-refractivity contribution in [3.63, 3.8) is 0 Å². The molecule has 0 N–H and O–H groups in total. The van der Waals surface area contributed by atoms with E-state index in [1.165, 1.54) is 0 Å². The van der Waals surface area contributed by atoms with Gasteiger partial charge in [0.1, 0.15) is 0 Å². The molecule has 2 aromatic heterocycles. The summed E-state index contributed by atoms with van der Waals surface area (Å²) in [6.45, 7) is 0.621. The maximum absolute atomic E-state index is 12.3. The number of pyridine rings is 1. The highest BCUT2D eigenvalue weighted by Gasteiger charge is 2.13. The van der Waals surface area contributed by atoms with Gasteiger partial charge in [0.15, 0.2) is 0 Å². The third kappa shape index (κ3) is 4.89. The van der Waals surface area contributed by atoms with Gasteiger partial charge in [0, 0.05) is 55.3 Å². The Bertz CT molecular complexity index is 849. The smallest absolute Gasteiger partial charge is 0.227 e. The van der Waals surface area contributed by atoms with Crippen LogP contribution in [0.2, 0.25) is 5.02 Å². The van der Waals surface area contributed by atoms with E-state index in [0.717, 1.165) is 17.7 Å². The van der Waals surface area contributed by atoms with Gasteiger partial charge >= 0.3 is 0 Å². The number of nitrogens with zero attached hydrogens (tertiary/aromatic N) is 4. The van der Waals surface area contributed by atoms with Crippen LogP contribution in [0.3, 0.4) is 0 Å². The molecule has 1 aromatic carbocycles. The summed E-state index contributed by atoms with van der Waals surface area (Å²) in [4.78, 5) is 22.5. The minimum absolute atomic E-state index is 0.0344. The lowest BCUT2D eigenvalue weighted by atomic mass is 10.2. The number of rotatable bonds is 7. The maximum atomic E-state index is 12.3. The molecule has 1 amide bonds. The van der Waals surface area contributed by atoms with Crippen LogP contribution < -0.4 is 0 Å². The number of amides is 1. The average molecular weight is 371 g/mol. The van der Waals surface area contributed by atoms with E-state index in [9.17, 15) is 4.79 Å². The molecule has 0 spiro atoms. The molecule has 0 fully saturated rings. The quantitative estimate of drug-likeness (QED) is 0.637. The molecule has 0 aliphatic rings. The number of benzene rings is 1. The van der Waals surface area contributed by atoms with Crippen molar-refractivity contribution in [3.8, 4) is 11.4 Å². The van der Waals surface area contributed by atoms with Crippen LogP contribution in [0.25, 0.3) is 11.4 Å². The number of halogens is 1. The second-order valence-electron chi connectivity index (χ2n) is 5.90. The van der Waals surface area contributed by atoms with Crippen LogP contribution in [0.1, 0.15) is 18.0 Å². The summed E-state index contributed by atoms with van der Waals surface area (Å²) in [7, 11) is 1.79. The van der Waals surface area contributed by atoms with E-state index >= 15 is 0 Å². The van der Waals surface area contributed by atoms with E-state index in [-0.39, 0.29) is 5.91 Å². The Balaban J connectivity index is 1.49. The van der Waals surface area contributed by atoms with E-state index in [1.807, 2.05) is 30.3 Å². The zero-order valence-electron chi connectivity index (χ0n) is 14.4. The van der Waals surface area contributed by atoms with E-state index < -0.39 is 0 Å². The van der Waals surface area contributed by atoms with Crippen LogP contribution in [0, 0.1) is 0 Å². The summed E-state index contributed by atoms with van der Waals surface area (Å²) in [6.07, 6.45) is 3.21. The highest BCUT2D eigenvalue weighted by atomic mass is 35.5. The number of likely N-dealkylation sites (N-methyl/N-ethyl adjacent to an activating group) is 1. The molecular weight excluding hydrogens is 352 g/mol. The summed E-state index contributed by atoms with van der Waals surface area (Å²) >= 11 is 5.87. The fourth-order valence-corrected chi connectivity index (χ4v) is 2.56. The van der Waals surface area contributed by atoms with Crippen LogP contribution in [0.4, 0.5) is 0 Å². The summed E-state index contributed by atoms with van der Waals surface area (Å²) in [5.74, 6) is 0.973. The number of aryl methyl sites for hydroxylation is 1. The molecule has 26 heavy (non-hydrogen) atoms. The topological polar surface area (TPSA) is 72.1 Å². The molecule has 0 aliphatic heterocycles. The summed E-state index contributed by atoms with van der Waals surface area (Å²) < 4.78 is 5.23. The number of hydrogen-bond acceptors (Lipinski definition) is 5. The van der Waals surface area contributed by atoms with Crippen molar-refractivity contribution < 1.29 is 9.32 Å². The summed E-state index contributed by atoms with van der Waals surface area (Å²) in [6, 6.07) is 13.0. The first-order chi connectivity index (χ1) is 12.6. The second-order valence-corrected chi connectivity index (χ2v) is 6.34. The van der Waals surface area contributed by atoms with Gasteiger partial charge in [-0.15, -0.1) is 0 Å². The zero-order valence-corrected chi connectivity index (χ0v) is 15.2. The van der Waals surface area contributed by atoms with Crippen molar-refractivity contribution in [3.05, 3.63) is 65.3 Å². The van der Waals surface area contributed by atoms with Crippen LogP contribution in [-0.4, -0.2) is 39.5 Å². The summed E-state index contributed by atoms with van der Waals surface area (Å²) in [5.41, 5.74) is 1.79. The molecule has 0 unspecified atom stereocenters. The van der Waals surface area contributed by atoms with E-state index in [0.29, 0.717) is 36.1 Å². The zero-order chi connectivity index (χ0) is 18.4. The van der Waals surface area contributed by atoms with Crippen molar-refractivity contribution >= 4 is 17.5 Å². The van der Waals surface area contributed by atoms with E-state index in [4.69, 9.17) is 16.1 Å². The van der Waals surface area contributed by atoms with Gasteiger partial charge in [0.05, 0.1) is 0 Å². The number of aromatic nitrogens is 3. The fourth-order valence-electron chi connectivity index (χ4n) is 2.43. The van der Waals surface area contributed by atoms with Crippen molar-refractivity contribution in [1.29, 1.82) is 0 Å². The molecule has 3 aromatic rings. The van der Waals surface area contributed by atoms with E-state index in [2.05, 4.69) is 15.1 Å². The average Bonchev–Trinajstić information content (AvgIpc) is 3.14. The fraction of sp³-hybridized carbons (Fsp3) is 0.263. The van der Waals surface area contributed by atoms with Crippen LogP contribution in [0.15, 0.2) is 53.2 Å². The SMILES string of the molecule is CN(CCc1ccccn1)C(=O)CCc1nc(-c2ccc(Cl)cc2)no1. The second kappa shape index (κ2) is 8.58. The maximum Gasteiger partial charge on any atom is 0.227 e. The van der Waals surface area contributed by atoms with Crippen LogP contribution in [-0.2, 0) is 17.6 Å². The first kappa shape index (κ1) is 18.1. The van der Waals surface area contributed by atoms with Crippen molar-refractivity contribution in [1.82, 2.24) is 20.0 Å². The number of hydrogen-bond donors (Lipinski definition) is 0. The predicted molar refractivity (Wildman–Crippen MR) is 98.6 cm³/mol. The first-order valence-electron chi connectivity index (χ1n) is 8.34. The Morgan fingerprint density at radius 1 is 1.15 bits per heavy atom. The molecule has 7 heteroatoms. The van der Waals surface area contributed by atoms with Gasteiger partial charge in [-0.05, 0) is 36.4 Å². The predicted octanol–water partition coefficient (Wildman–Crippen LogP) is 3.42. The number of carbonyl (C=O) groups excluding carboxylic acids is 1. The molecule has 0 aliphatic carbocycles. The van der Waals surface area contributed by atoms with Gasteiger partial charge in [-0.1, -0.05) is 22.8 Å². The van der Waals surface area contributed by atoms with Gasteiger partial charge in [-0.25, -0.2) is 0 Å². The Hall–Kier alpha value is -2.73. The lowest BCUT2D eigenvalue weighted by molar-refractivity contribution is -0.129. The van der Waals surface area contributed by atoms with Crippen molar-refractivity contribution in [2.75, 3.05) is 13.6 Å². The van der Waals surface area contributed by atoms with Gasteiger partial charge in [0.2, 0.25) is 17.6 Å². The van der Waals surface area contributed by atoms with Crippen LogP contribution >= 0.6 is 11.6 Å². The molecule has 6 nitrogen and oxygen atoms in total.